The predicted molar refractivity (Wildman–Crippen MR) is 88.4 cm³/mol. The Morgan fingerprint density at radius 3 is 1.18 bits per heavy atom. The zero-order chi connectivity index (χ0) is 15.3. The molecule has 0 fully saturated rings. The van der Waals surface area contributed by atoms with Crippen molar-refractivity contribution in [2.45, 2.75) is 5.54 Å². The number of nitrogens with one attached hydrogen (secondary N) is 1. The second kappa shape index (κ2) is 6.27. The van der Waals surface area contributed by atoms with E-state index in [2.05, 4.69) is 5.32 Å². The van der Waals surface area contributed by atoms with Gasteiger partial charge in [0.05, 0.1) is 0 Å². The topological polar surface area (TPSA) is 29.1 Å². The number of benzene rings is 3. The molecule has 2 heteroatoms. The summed E-state index contributed by atoms with van der Waals surface area (Å²) in [7, 11) is 0. The molecule has 0 spiro atoms. The van der Waals surface area contributed by atoms with Gasteiger partial charge in [-0.3, -0.25) is 4.79 Å². The van der Waals surface area contributed by atoms with Crippen molar-refractivity contribution in [2.75, 3.05) is 0 Å². The number of amides is 1. The largest absolute Gasteiger partial charge is 0.341 e. The molecule has 0 unspecified atom stereocenters. The quantitative estimate of drug-likeness (QED) is 0.562. The number of hydrogen-bond acceptors (Lipinski definition) is 1. The van der Waals surface area contributed by atoms with Crippen LogP contribution in [0.4, 0.5) is 0 Å². The van der Waals surface area contributed by atoms with E-state index in [0.717, 1.165) is 23.1 Å². The van der Waals surface area contributed by atoms with Gasteiger partial charge in [0.1, 0.15) is 5.54 Å². The van der Waals surface area contributed by atoms with Crippen LogP contribution in [0.2, 0.25) is 0 Å². The van der Waals surface area contributed by atoms with Crippen molar-refractivity contribution in [2.24, 2.45) is 0 Å². The van der Waals surface area contributed by atoms with E-state index in [4.69, 9.17) is 0 Å². The Hall–Kier alpha value is -2.87. The third-order valence-corrected chi connectivity index (χ3v) is 3.90. The minimum Gasteiger partial charge on any atom is -0.341 e. The van der Waals surface area contributed by atoms with Gasteiger partial charge in [0, 0.05) is 0 Å². The van der Waals surface area contributed by atoms with Gasteiger partial charge in [-0.25, -0.2) is 0 Å². The highest BCUT2D eigenvalue weighted by atomic mass is 16.1. The molecule has 2 nitrogen and oxygen atoms in total. The van der Waals surface area contributed by atoms with Gasteiger partial charge in [-0.1, -0.05) is 91.0 Å². The van der Waals surface area contributed by atoms with Gasteiger partial charge < -0.3 is 5.32 Å². The summed E-state index contributed by atoms with van der Waals surface area (Å²) in [6.07, 6.45) is 0.771. The highest BCUT2D eigenvalue weighted by Gasteiger charge is 2.35. The van der Waals surface area contributed by atoms with Crippen LogP contribution in [0, 0.1) is 0 Å². The molecule has 0 bridgehead atoms. The zero-order valence-corrected chi connectivity index (χ0v) is 12.1. The van der Waals surface area contributed by atoms with Crippen LogP contribution in [0.5, 0.6) is 0 Å². The summed E-state index contributed by atoms with van der Waals surface area (Å²) < 4.78 is 0. The molecule has 0 aliphatic rings. The van der Waals surface area contributed by atoms with E-state index >= 15 is 0 Å². The van der Waals surface area contributed by atoms with Gasteiger partial charge in [0.2, 0.25) is 6.41 Å². The van der Waals surface area contributed by atoms with Crippen molar-refractivity contribution in [3.05, 3.63) is 108 Å². The van der Waals surface area contributed by atoms with Crippen LogP contribution in [0.25, 0.3) is 0 Å². The van der Waals surface area contributed by atoms with Crippen molar-refractivity contribution < 1.29 is 4.79 Å². The first kappa shape index (κ1) is 14.1. The average Bonchev–Trinajstić information content (AvgIpc) is 2.62. The summed E-state index contributed by atoms with van der Waals surface area (Å²) in [5, 5.41) is 3.06. The molecule has 0 aliphatic heterocycles. The van der Waals surface area contributed by atoms with E-state index in [0.29, 0.717) is 0 Å². The monoisotopic (exact) mass is 287 g/mol. The molecule has 0 atom stereocenters. The minimum absolute atomic E-state index is 0.689. The Labute approximate surface area is 130 Å². The minimum atomic E-state index is -0.689. The highest BCUT2D eigenvalue weighted by molar-refractivity contribution is 5.59. The van der Waals surface area contributed by atoms with Crippen molar-refractivity contribution in [1.82, 2.24) is 5.32 Å². The Bertz CT molecular complexity index is 627. The second-order valence-electron chi connectivity index (χ2n) is 5.11. The summed E-state index contributed by atoms with van der Waals surface area (Å²) in [5.41, 5.74) is 2.39. The van der Waals surface area contributed by atoms with Gasteiger partial charge in [-0.2, -0.15) is 0 Å². The van der Waals surface area contributed by atoms with Gasteiger partial charge >= 0.3 is 0 Å². The van der Waals surface area contributed by atoms with Gasteiger partial charge in [-0.05, 0) is 16.7 Å². The summed E-state index contributed by atoms with van der Waals surface area (Å²) in [5.74, 6) is 0. The summed E-state index contributed by atoms with van der Waals surface area (Å²) in [4.78, 5) is 11.4. The van der Waals surface area contributed by atoms with Crippen LogP contribution >= 0.6 is 0 Å². The molecule has 0 radical (unpaired) electrons. The average molecular weight is 287 g/mol. The molecule has 108 valence electrons. The molecule has 3 aromatic carbocycles. The van der Waals surface area contributed by atoms with Crippen LogP contribution in [-0.2, 0) is 10.3 Å². The molecule has 0 heterocycles. The Balaban J connectivity index is 2.31. The zero-order valence-electron chi connectivity index (χ0n) is 12.1. The van der Waals surface area contributed by atoms with Gasteiger partial charge in [0.25, 0.3) is 0 Å². The SMILES string of the molecule is O=CNC(c1ccccc1)(c1ccccc1)c1ccccc1. The fourth-order valence-electron chi connectivity index (χ4n) is 2.90. The Morgan fingerprint density at radius 1 is 0.591 bits per heavy atom. The van der Waals surface area contributed by atoms with Crippen molar-refractivity contribution in [3.63, 3.8) is 0 Å². The lowest BCUT2D eigenvalue weighted by Gasteiger charge is -2.35. The standard InChI is InChI=1S/C20H17NO/c22-16-21-20(17-10-4-1-5-11-17,18-12-6-2-7-13-18)19-14-8-3-9-15-19/h1-16H,(H,21,22). The maximum atomic E-state index is 11.4. The van der Waals surface area contributed by atoms with Crippen LogP contribution in [0.3, 0.4) is 0 Å². The summed E-state index contributed by atoms with van der Waals surface area (Å²) in [6.45, 7) is 0. The fraction of sp³-hybridized carbons (Fsp3) is 0.0500. The molecule has 0 aromatic heterocycles. The molecular formula is C20H17NO. The maximum Gasteiger partial charge on any atom is 0.208 e. The first-order valence-corrected chi connectivity index (χ1v) is 7.26. The van der Waals surface area contributed by atoms with E-state index in [1.54, 1.807) is 0 Å². The van der Waals surface area contributed by atoms with E-state index in [-0.39, 0.29) is 0 Å². The fourth-order valence-corrected chi connectivity index (χ4v) is 2.90. The molecule has 1 amide bonds. The maximum absolute atomic E-state index is 11.4. The smallest absolute Gasteiger partial charge is 0.208 e. The van der Waals surface area contributed by atoms with E-state index in [1.807, 2.05) is 91.0 Å². The first-order valence-electron chi connectivity index (χ1n) is 7.26. The number of hydrogen-bond donors (Lipinski definition) is 1. The Kier molecular flexibility index (Phi) is 4.01. The lowest BCUT2D eigenvalue weighted by Crippen LogP contribution is -2.43. The molecule has 0 saturated heterocycles. The first-order chi connectivity index (χ1) is 10.9. The lowest BCUT2D eigenvalue weighted by molar-refractivity contribution is -0.110. The molecule has 3 rings (SSSR count). The number of carbonyl (C=O) groups excluding carboxylic acids is 1. The van der Waals surface area contributed by atoms with Gasteiger partial charge in [0.15, 0.2) is 0 Å². The van der Waals surface area contributed by atoms with Crippen molar-refractivity contribution in [1.29, 1.82) is 0 Å². The van der Waals surface area contributed by atoms with E-state index < -0.39 is 5.54 Å². The van der Waals surface area contributed by atoms with Crippen LogP contribution in [-0.4, -0.2) is 6.41 Å². The summed E-state index contributed by atoms with van der Waals surface area (Å²) >= 11 is 0. The lowest BCUT2D eigenvalue weighted by atomic mass is 9.77. The third kappa shape index (κ3) is 2.40. The molecule has 0 aliphatic carbocycles. The summed E-state index contributed by atoms with van der Waals surface area (Å²) in [6, 6.07) is 30.1. The predicted octanol–water partition coefficient (Wildman–Crippen LogP) is 3.72. The van der Waals surface area contributed by atoms with Crippen LogP contribution < -0.4 is 5.32 Å². The second-order valence-corrected chi connectivity index (χ2v) is 5.11. The Morgan fingerprint density at radius 2 is 0.909 bits per heavy atom. The van der Waals surface area contributed by atoms with Crippen LogP contribution in [0.15, 0.2) is 91.0 Å². The molecular weight excluding hydrogens is 270 g/mol. The normalized spacial score (nSPS) is 10.9. The van der Waals surface area contributed by atoms with E-state index in [9.17, 15) is 4.79 Å². The number of carbonyl (C=O) groups is 1. The van der Waals surface area contributed by atoms with E-state index in [1.165, 1.54) is 0 Å². The molecule has 3 aromatic rings. The van der Waals surface area contributed by atoms with Crippen molar-refractivity contribution in [3.8, 4) is 0 Å². The molecule has 1 N–H and O–H groups in total. The van der Waals surface area contributed by atoms with Crippen LogP contribution in [0.1, 0.15) is 16.7 Å². The van der Waals surface area contributed by atoms with Crippen molar-refractivity contribution >= 4 is 6.41 Å². The highest BCUT2D eigenvalue weighted by Crippen LogP contribution is 2.36. The number of rotatable bonds is 5. The molecule has 22 heavy (non-hydrogen) atoms. The molecule has 0 saturated carbocycles. The van der Waals surface area contributed by atoms with Gasteiger partial charge in [-0.15, -0.1) is 0 Å². The third-order valence-electron chi connectivity index (χ3n) is 3.90.